The summed E-state index contributed by atoms with van der Waals surface area (Å²) in [7, 11) is 0. The predicted octanol–water partition coefficient (Wildman–Crippen LogP) is 3.01. The third-order valence-electron chi connectivity index (χ3n) is 2.45. The van der Waals surface area contributed by atoms with Gasteiger partial charge in [-0.25, -0.2) is 0 Å². The van der Waals surface area contributed by atoms with Gasteiger partial charge in [0.15, 0.2) is 6.10 Å². The number of nitrogens with one attached hydrogen (secondary N) is 1. The molecule has 2 rings (SSSR count). The highest BCUT2D eigenvalue weighted by molar-refractivity contribution is 6.30. The number of para-hydroxylation sites is 1. The zero-order chi connectivity index (χ0) is 13.0. The van der Waals surface area contributed by atoms with Gasteiger partial charge in [0.05, 0.1) is 0 Å². The Morgan fingerprint density at radius 1 is 1.11 bits per heavy atom. The van der Waals surface area contributed by atoms with E-state index >= 15 is 0 Å². The minimum Gasteiger partial charge on any atom is -0.378 e. The summed E-state index contributed by atoms with van der Waals surface area (Å²) in [5, 5.41) is 13.0. The number of carbonyl (C=O) groups is 1. The van der Waals surface area contributed by atoms with Crippen LogP contribution in [0.2, 0.25) is 5.02 Å². The van der Waals surface area contributed by atoms with Crippen molar-refractivity contribution in [2.45, 2.75) is 6.10 Å². The maximum absolute atomic E-state index is 11.8. The van der Waals surface area contributed by atoms with Crippen LogP contribution in [0.1, 0.15) is 11.7 Å². The maximum atomic E-state index is 11.8. The Hall–Kier alpha value is -1.84. The number of amides is 1. The molecule has 4 heteroatoms. The summed E-state index contributed by atoms with van der Waals surface area (Å²) in [4.78, 5) is 11.8. The largest absolute Gasteiger partial charge is 0.378 e. The molecular weight excluding hydrogens is 250 g/mol. The molecule has 0 aliphatic heterocycles. The summed E-state index contributed by atoms with van der Waals surface area (Å²) in [6, 6.07) is 15.6. The molecular formula is C14H12ClNO2. The lowest BCUT2D eigenvalue weighted by molar-refractivity contribution is -0.124. The van der Waals surface area contributed by atoms with Crippen molar-refractivity contribution in [1.29, 1.82) is 0 Å². The second-order valence-corrected chi connectivity index (χ2v) is 4.25. The van der Waals surface area contributed by atoms with Crippen LogP contribution in [-0.2, 0) is 4.79 Å². The van der Waals surface area contributed by atoms with Crippen LogP contribution in [-0.4, -0.2) is 11.0 Å². The van der Waals surface area contributed by atoms with Crippen LogP contribution >= 0.6 is 11.6 Å². The van der Waals surface area contributed by atoms with Crippen LogP contribution < -0.4 is 5.32 Å². The molecule has 0 radical (unpaired) electrons. The van der Waals surface area contributed by atoms with Gasteiger partial charge in [0.1, 0.15) is 0 Å². The van der Waals surface area contributed by atoms with Crippen molar-refractivity contribution in [1.82, 2.24) is 0 Å². The molecule has 0 aromatic heterocycles. The first-order valence-electron chi connectivity index (χ1n) is 5.46. The highest BCUT2D eigenvalue weighted by Gasteiger charge is 2.17. The van der Waals surface area contributed by atoms with Crippen LogP contribution in [0.4, 0.5) is 5.69 Å². The molecule has 0 aliphatic carbocycles. The van der Waals surface area contributed by atoms with Crippen molar-refractivity contribution in [3.05, 3.63) is 65.2 Å². The lowest BCUT2D eigenvalue weighted by Gasteiger charge is -2.11. The van der Waals surface area contributed by atoms with Gasteiger partial charge in [-0.3, -0.25) is 4.79 Å². The van der Waals surface area contributed by atoms with Crippen LogP contribution in [0.5, 0.6) is 0 Å². The van der Waals surface area contributed by atoms with E-state index in [1.165, 1.54) is 0 Å². The van der Waals surface area contributed by atoms with E-state index < -0.39 is 12.0 Å². The fraction of sp³-hybridized carbons (Fsp3) is 0.0714. The lowest BCUT2D eigenvalue weighted by atomic mass is 10.1. The predicted molar refractivity (Wildman–Crippen MR) is 71.5 cm³/mol. The Labute approximate surface area is 110 Å². The average Bonchev–Trinajstić information content (AvgIpc) is 2.39. The molecule has 1 atom stereocenters. The lowest BCUT2D eigenvalue weighted by Crippen LogP contribution is -2.20. The average molecular weight is 262 g/mol. The number of carbonyl (C=O) groups excluding carboxylic acids is 1. The third kappa shape index (κ3) is 3.09. The Kier molecular flexibility index (Phi) is 3.97. The van der Waals surface area contributed by atoms with Crippen LogP contribution in [0.15, 0.2) is 54.6 Å². The Morgan fingerprint density at radius 3 is 2.50 bits per heavy atom. The van der Waals surface area contributed by atoms with Crippen molar-refractivity contribution in [2.75, 3.05) is 5.32 Å². The molecule has 0 spiro atoms. The van der Waals surface area contributed by atoms with E-state index in [9.17, 15) is 9.90 Å². The number of benzene rings is 2. The van der Waals surface area contributed by atoms with Gasteiger partial charge in [-0.05, 0) is 29.8 Å². The zero-order valence-electron chi connectivity index (χ0n) is 9.51. The van der Waals surface area contributed by atoms with Crippen LogP contribution in [0.25, 0.3) is 0 Å². The normalized spacial score (nSPS) is 11.9. The van der Waals surface area contributed by atoms with Gasteiger partial charge in [0.25, 0.3) is 5.91 Å². The summed E-state index contributed by atoms with van der Waals surface area (Å²) in [6.07, 6.45) is -1.23. The van der Waals surface area contributed by atoms with Crippen molar-refractivity contribution >= 4 is 23.2 Å². The van der Waals surface area contributed by atoms with E-state index in [0.29, 0.717) is 16.3 Å². The first kappa shape index (κ1) is 12.6. The number of hydrogen-bond donors (Lipinski definition) is 2. The summed E-state index contributed by atoms with van der Waals surface area (Å²) in [5.41, 5.74) is 1.11. The van der Waals surface area contributed by atoms with Gasteiger partial charge in [-0.2, -0.15) is 0 Å². The molecule has 0 aliphatic rings. The smallest absolute Gasteiger partial charge is 0.257 e. The number of halogens is 1. The molecule has 2 aromatic rings. The molecule has 0 fully saturated rings. The monoisotopic (exact) mass is 261 g/mol. The second kappa shape index (κ2) is 5.67. The first-order valence-corrected chi connectivity index (χ1v) is 5.84. The minimum absolute atomic E-state index is 0.468. The van der Waals surface area contributed by atoms with E-state index in [2.05, 4.69) is 5.32 Å². The molecule has 1 amide bonds. The van der Waals surface area contributed by atoms with E-state index in [4.69, 9.17) is 11.6 Å². The quantitative estimate of drug-likeness (QED) is 0.892. The molecule has 0 heterocycles. The zero-order valence-corrected chi connectivity index (χ0v) is 10.3. The van der Waals surface area contributed by atoms with Gasteiger partial charge in [-0.15, -0.1) is 0 Å². The van der Waals surface area contributed by atoms with Gasteiger partial charge >= 0.3 is 0 Å². The topological polar surface area (TPSA) is 49.3 Å². The standard InChI is InChI=1S/C14H12ClNO2/c15-11-6-4-5-10(9-11)13(17)14(18)16-12-7-2-1-3-8-12/h1-9,13,17H,(H,16,18). The molecule has 18 heavy (non-hydrogen) atoms. The van der Waals surface area contributed by atoms with Gasteiger partial charge < -0.3 is 10.4 Å². The van der Waals surface area contributed by atoms with E-state index in [1.54, 1.807) is 48.5 Å². The summed E-state index contributed by atoms with van der Waals surface area (Å²) in [5.74, 6) is -0.483. The SMILES string of the molecule is O=C(Nc1ccccc1)C(O)c1cccc(Cl)c1. The fourth-order valence-corrected chi connectivity index (χ4v) is 1.76. The van der Waals surface area contributed by atoms with Crippen LogP contribution in [0, 0.1) is 0 Å². The molecule has 2 aromatic carbocycles. The molecule has 0 saturated carbocycles. The number of aliphatic hydroxyl groups is 1. The maximum Gasteiger partial charge on any atom is 0.257 e. The molecule has 3 nitrogen and oxygen atoms in total. The van der Waals surface area contributed by atoms with E-state index in [0.717, 1.165) is 0 Å². The summed E-state index contributed by atoms with van der Waals surface area (Å²) in [6.45, 7) is 0. The number of rotatable bonds is 3. The van der Waals surface area contributed by atoms with Crippen molar-refractivity contribution in [3.8, 4) is 0 Å². The molecule has 92 valence electrons. The summed E-state index contributed by atoms with van der Waals surface area (Å²) >= 11 is 5.81. The van der Waals surface area contributed by atoms with Crippen molar-refractivity contribution in [2.24, 2.45) is 0 Å². The minimum atomic E-state index is -1.23. The van der Waals surface area contributed by atoms with Crippen molar-refractivity contribution in [3.63, 3.8) is 0 Å². The van der Waals surface area contributed by atoms with Gasteiger partial charge in [0, 0.05) is 10.7 Å². The highest BCUT2D eigenvalue weighted by atomic mass is 35.5. The second-order valence-electron chi connectivity index (χ2n) is 3.81. The molecule has 0 saturated heterocycles. The Morgan fingerprint density at radius 2 is 1.83 bits per heavy atom. The molecule has 1 unspecified atom stereocenters. The Balaban J connectivity index is 2.10. The van der Waals surface area contributed by atoms with Gasteiger partial charge in [0.2, 0.25) is 0 Å². The Bertz CT molecular complexity index is 543. The summed E-state index contributed by atoms with van der Waals surface area (Å²) < 4.78 is 0. The first-order chi connectivity index (χ1) is 8.66. The third-order valence-corrected chi connectivity index (χ3v) is 2.69. The van der Waals surface area contributed by atoms with E-state index in [1.807, 2.05) is 6.07 Å². The van der Waals surface area contributed by atoms with Gasteiger partial charge in [-0.1, -0.05) is 41.9 Å². The molecule has 0 bridgehead atoms. The fourth-order valence-electron chi connectivity index (χ4n) is 1.56. The number of hydrogen-bond acceptors (Lipinski definition) is 2. The van der Waals surface area contributed by atoms with Crippen LogP contribution in [0.3, 0.4) is 0 Å². The number of aliphatic hydroxyl groups excluding tert-OH is 1. The highest BCUT2D eigenvalue weighted by Crippen LogP contribution is 2.19. The number of anilines is 1. The van der Waals surface area contributed by atoms with E-state index in [-0.39, 0.29) is 0 Å². The van der Waals surface area contributed by atoms with Crippen molar-refractivity contribution < 1.29 is 9.90 Å². The molecule has 2 N–H and O–H groups in total.